The summed E-state index contributed by atoms with van der Waals surface area (Å²) >= 11 is 0. The Kier molecular flexibility index (Phi) is 5.92. The molecular weight excluding hydrogens is 394 g/mol. The van der Waals surface area contributed by atoms with Gasteiger partial charge in [-0.2, -0.15) is 0 Å². The number of pyridine rings is 1. The summed E-state index contributed by atoms with van der Waals surface area (Å²) in [5, 5.41) is 4.73. The molecule has 2 fully saturated rings. The molecule has 0 unspecified atom stereocenters. The van der Waals surface area contributed by atoms with Crippen molar-refractivity contribution in [2.24, 2.45) is 0 Å². The van der Waals surface area contributed by atoms with E-state index in [9.17, 15) is 0 Å². The molecule has 0 bridgehead atoms. The van der Waals surface area contributed by atoms with Crippen LogP contribution in [-0.2, 0) is 0 Å². The molecule has 1 aliphatic heterocycles. The highest BCUT2D eigenvalue weighted by Crippen LogP contribution is 2.35. The highest BCUT2D eigenvalue weighted by Gasteiger charge is 2.20. The van der Waals surface area contributed by atoms with E-state index >= 15 is 0 Å². The van der Waals surface area contributed by atoms with Gasteiger partial charge in [-0.15, -0.1) is 0 Å². The van der Waals surface area contributed by atoms with Gasteiger partial charge in [0.1, 0.15) is 12.1 Å². The SMILES string of the molecule is C=C(c1ccc2ncnc(NC3CCN(C)CC3)c2c1)c1ccc(C2CCCC2)nc1C. The normalized spacial score (nSPS) is 18.3. The van der Waals surface area contributed by atoms with Gasteiger partial charge in [-0.25, -0.2) is 9.97 Å². The number of likely N-dealkylation sites (tertiary alicyclic amines) is 1. The van der Waals surface area contributed by atoms with Gasteiger partial charge < -0.3 is 10.2 Å². The smallest absolute Gasteiger partial charge is 0.137 e. The van der Waals surface area contributed by atoms with E-state index in [0.717, 1.165) is 65.0 Å². The molecule has 1 saturated heterocycles. The van der Waals surface area contributed by atoms with Crippen LogP contribution in [0.25, 0.3) is 16.5 Å². The molecule has 2 aliphatic rings. The standard InChI is InChI=1S/C27H33N5/c1-18(23-9-11-25(30-19(23)2)20-6-4-5-7-20)21-8-10-26-24(16-21)27(29-17-28-26)31-22-12-14-32(3)15-13-22/h8-11,16-17,20,22H,1,4-7,12-15H2,2-3H3,(H,28,29,31). The van der Waals surface area contributed by atoms with Crippen molar-refractivity contribution in [2.45, 2.75) is 57.4 Å². The summed E-state index contributed by atoms with van der Waals surface area (Å²) in [6.45, 7) is 8.78. The van der Waals surface area contributed by atoms with Crippen molar-refractivity contribution < 1.29 is 0 Å². The van der Waals surface area contributed by atoms with Crippen LogP contribution < -0.4 is 5.32 Å². The van der Waals surface area contributed by atoms with Gasteiger partial charge in [0.05, 0.1) is 5.52 Å². The fourth-order valence-corrected chi connectivity index (χ4v) is 5.21. The summed E-state index contributed by atoms with van der Waals surface area (Å²) in [7, 11) is 2.19. The molecule has 0 spiro atoms. The van der Waals surface area contributed by atoms with Crippen LogP contribution in [0.5, 0.6) is 0 Å². The van der Waals surface area contributed by atoms with Crippen molar-refractivity contribution in [3.05, 3.63) is 65.8 Å². The van der Waals surface area contributed by atoms with Gasteiger partial charge in [0, 0.05) is 34.3 Å². The van der Waals surface area contributed by atoms with Crippen LogP contribution in [0.15, 0.2) is 43.2 Å². The lowest BCUT2D eigenvalue weighted by atomic mass is 9.95. The zero-order valence-electron chi connectivity index (χ0n) is 19.3. The van der Waals surface area contributed by atoms with Crippen LogP contribution >= 0.6 is 0 Å². The highest BCUT2D eigenvalue weighted by atomic mass is 15.1. The molecule has 1 aromatic carbocycles. The molecule has 32 heavy (non-hydrogen) atoms. The Labute approximate surface area is 191 Å². The number of piperidine rings is 1. The van der Waals surface area contributed by atoms with E-state index in [1.807, 2.05) is 0 Å². The van der Waals surface area contributed by atoms with E-state index < -0.39 is 0 Å². The van der Waals surface area contributed by atoms with Gasteiger partial charge in [0.15, 0.2) is 0 Å². The van der Waals surface area contributed by atoms with E-state index in [4.69, 9.17) is 4.98 Å². The first-order chi connectivity index (χ1) is 15.6. The van der Waals surface area contributed by atoms with Crippen molar-refractivity contribution in [3.63, 3.8) is 0 Å². The molecule has 5 heteroatoms. The van der Waals surface area contributed by atoms with E-state index in [2.05, 4.69) is 71.1 Å². The molecule has 166 valence electrons. The predicted octanol–water partition coefficient (Wildman–Crippen LogP) is 5.56. The van der Waals surface area contributed by atoms with Gasteiger partial charge in [0.2, 0.25) is 0 Å². The second kappa shape index (κ2) is 8.99. The maximum absolute atomic E-state index is 4.96. The maximum Gasteiger partial charge on any atom is 0.137 e. The van der Waals surface area contributed by atoms with Crippen molar-refractivity contribution in [3.8, 4) is 0 Å². The Hall–Kier alpha value is -2.79. The average Bonchev–Trinajstić information content (AvgIpc) is 3.35. The number of hydrogen-bond acceptors (Lipinski definition) is 5. The molecule has 5 rings (SSSR count). The van der Waals surface area contributed by atoms with Crippen molar-refractivity contribution in [1.82, 2.24) is 19.9 Å². The number of benzene rings is 1. The number of nitrogens with one attached hydrogen (secondary N) is 1. The fourth-order valence-electron chi connectivity index (χ4n) is 5.21. The van der Waals surface area contributed by atoms with Gasteiger partial charge >= 0.3 is 0 Å². The van der Waals surface area contributed by atoms with Gasteiger partial charge in [-0.3, -0.25) is 4.98 Å². The molecule has 3 aromatic rings. The van der Waals surface area contributed by atoms with Crippen LogP contribution in [0.4, 0.5) is 5.82 Å². The Morgan fingerprint density at radius 2 is 1.81 bits per heavy atom. The summed E-state index contributed by atoms with van der Waals surface area (Å²) in [4.78, 5) is 16.4. The van der Waals surface area contributed by atoms with Crippen LogP contribution in [-0.4, -0.2) is 46.0 Å². The summed E-state index contributed by atoms with van der Waals surface area (Å²) in [5.74, 6) is 1.55. The van der Waals surface area contributed by atoms with Crippen LogP contribution in [0, 0.1) is 6.92 Å². The van der Waals surface area contributed by atoms with Crippen molar-refractivity contribution in [1.29, 1.82) is 0 Å². The molecule has 1 saturated carbocycles. The monoisotopic (exact) mass is 427 g/mol. The molecule has 0 atom stereocenters. The fraction of sp³-hybridized carbons (Fsp3) is 0.444. The number of rotatable bonds is 5. The van der Waals surface area contributed by atoms with E-state index in [1.54, 1.807) is 6.33 Å². The second-order valence-corrected chi connectivity index (χ2v) is 9.51. The summed E-state index contributed by atoms with van der Waals surface area (Å²) in [6, 6.07) is 11.2. The van der Waals surface area contributed by atoms with Gasteiger partial charge in [-0.1, -0.05) is 31.6 Å². The summed E-state index contributed by atoms with van der Waals surface area (Å²) in [5.41, 5.74) is 6.48. The Morgan fingerprint density at radius 3 is 2.56 bits per heavy atom. The molecule has 0 amide bonds. The van der Waals surface area contributed by atoms with E-state index in [-0.39, 0.29) is 0 Å². The van der Waals surface area contributed by atoms with Crippen molar-refractivity contribution in [2.75, 3.05) is 25.5 Å². The molecule has 3 heterocycles. The molecule has 2 aromatic heterocycles. The third kappa shape index (κ3) is 4.26. The number of aromatic nitrogens is 3. The number of fused-ring (bicyclic) bond motifs is 1. The third-order valence-corrected chi connectivity index (χ3v) is 7.25. The lowest BCUT2D eigenvalue weighted by molar-refractivity contribution is 0.264. The van der Waals surface area contributed by atoms with E-state index in [1.165, 1.54) is 31.4 Å². The lowest BCUT2D eigenvalue weighted by Crippen LogP contribution is -2.36. The van der Waals surface area contributed by atoms with Crippen LogP contribution in [0.3, 0.4) is 0 Å². The Morgan fingerprint density at radius 1 is 1.03 bits per heavy atom. The molecule has 5 nitrogen and oxygen atoms in total. The minimum atomic E-state index is 0.450. The summed E-state index contributed by atoms with van der Waals surface area (Å²) < 4.78 is 0. The second-order valence-electron chi connectivity index (χ2n) is 9.51. The molecule has 1 N–H and O–H groups in total. The molecule has 0 radical (unpaired) electrons. The number of hydrogen-bond donors (Lipinski definition) is 1. The van der Waals surface area contributed by atoms with Crippen LogP contribution in [0.1, 0.15) is 67.0 Å². The van der Waals surface area contributed by atoms with Gasteiger partial charge in [0.25, 0.3) is 0 Å². The predicted molar refractivity (Wildman–Crippen MR) is 132 cm³/mol. The van der Waals surface area contributed by atoms with Crippen LogP contribution in [0.2, 0.25) is 0 Å². The van der Waals surface area contributed by atoms with Gasteiger partial charge in [-0.05, 0) is 82.1 Å². The molecular formula is C27H33N5. The Balaban J connectivity index is 1.42. The third-order valence-electron chi connectivity index (χ3n) is 7.25. The first-order valence-electron chi connectivity index (χ1n) is 12.0. The zero-order valence-corrected chi connectivity index (χ0v) is 19.3. The number of anilines is 1. The topological polar surface area (TPSA) is 53.9 Å². The molecule has 1 aliphatic carbocycles. The minimum Gasteiger partial charge on any atom is -0.367 e. The number of nitrogens with zero attached hydrogens (tertiary/aromatic N) is 4. The first-order valence-corrected chi connectivity index (χ1v) is 12.0. The lowest BCUT2D eigenvalue weighted by Gasteiger charge is -2.30. The Bertz CT molecular complexity index is 1120. The van der Waals surface area contributed by atoms with E-state index in [0.29, 0.717) is 12.0 Å². The largest absolute Gasteiger partial charge is 0.367 e. The zero-order chi connectivity index (χ0) is 22.1. The maximum atomic E-state index is 4.96. The minimum absolute atomic E-state index is 0.450. The quantitative estimate of drug-likeness (QED) is 0.578. The van der Waals surface area contributed by atoms with Crippen molar-refractivity contribution >= 4 is 22.3 Å². The average molecular weight is 428 g/mol. The highest BCUT2D eigenvalue weighted by molar-refractivity contribution is 5.93. The summed E-state index contributed by atoms with van der Waals surface area (Å²) in [6.07, 6.45) is 9.11. The first kappa shape index (κ1) is 21.1. The number of aryl methyl sites for hydroxylation is 1.